The first-order valence-electron chi connectivity index (χ1n) is 13.7. The summed E-state index contributed by atoms with van der Waals surface area (Å²) in [5, 5.41) is 37.4. The van der Waals surface area contributed by atoms with Crippen molar-refractivity contribution in [3.05, 3.63) is 102 Å². The van der Waals surface area contributed by atoms with E-state index in [1.807, 2.05) is 48.0 Å². The number of fused-ring (bicyclic) bond motifs is 7. The summed E-state index contributed by atoms with van der Waals surface area (Å²) in [5.74, 6) is -1.92. The lowest BCUT2D eigenvalue weighted by Gasteiger charge is -1.98. The highest BCUT2D eigenvalue weighted by atomic mass is 32.1. The third-order valence-corrected chi connectivity index (χ3v) is 11.9. The molecule has 0 bridgehead atoms. The fourth-order valence-electron chi connectivity index (χ4n) is 6.08. The molecule has 0 atom stereocenters. The highest BCUT2D eigenvalue weighted by molar-refractivity contribution is 7.35. The van der Waals surface area contributed by atoms with Crippen LogP contribution in [-0.4, -0.2) is 27.7 Å². The van der Waals surface area contributed by atoms with E-state index in [1.54, 1.807) is 23.5 Å². The molecule has 218 valence electrons. The van der Waals surface area contributed by atoms with E-state index in [0.717, 1.165) is 29.8 Å². The molecule has 2 aliphatic carbocycles. The number of rotatable bonds is 2. The second-order valence-corrected chi connectivity index (χ2v) is 14.0. The Balaban J connectivity index is 1.16. The van der Waals surface area contributed by atoms with Gasteiger partial charge in [-0.05, 0) is 48.6 Å². The van der Waals surface area contributed by atoms with Crippen LogP contribution in [0.1, 0.15) is 73.4 Å². The van der Waals surface area contributed by atoms with Crippen LogP contribution in [0.4, 0.5) is 0 Å². The first-order chi connectivity index (χ1) is 22.7. The Morgan fingerprint density at radius 2 is 0.957 bits per heavy atom. The van der Waals surface area contributed by atoms with Gasteiger partial charge in [-0.3, -0.25) is 19.2 Å². The predicted octanol–water partition coefficient (Wildman–Crippen LogP) is 7.08. The lowest BCUT2D eigenvalue weighted by atomic mass is 10.0. The van der Waals surface area contributed by atoms with Crippen LogP contribution < -0.4 is 0 Å². The molecule has 9 nitrogen and oxygen atoms in total. The molecule has 12 heteroatoms. The number of hydrogen-bond acceptors (Lipinski definition) is 11. The van der Waals surface area contributed by atoms with E-state index in [1.165, 1.54) is 46.9 Å². The van der Waals surface area contributed by atoms with E-state index in [4.69, 9.17) is 0 Å². The van der Waals surface area contributed by atoms with Crippen LogP contribution in [0.25, 0.3) is 42.0 Å². The second-order valence-electron chi connectivity index (χ2n) is 10.8. The first kappa shape index (κ1) is 28.2. The molecule has 4 heterocycles. The minimum Gasteiger partial charge on any atom is -0.341 e. The molecule has 2 aliphatic rings. The van der Waals surface area contributed by atoms with Crippen molar-refractivity contribution >= 4 is 99.1 Å². The van der Waals surface area contributed by atoms with Gasteiger partial charge >= 0.3 is 0 Å². The summed E-state index contributed by atoms with van der Waals surface area (Å²) in [6.07, 6.45) is 3.13. The lowest BCUT2D eigenvalue weighted by Crippen LogP contribution is -1.99. The Morgan fingerprint density at radius 1 is 0.553 bits per heavy atom. The Bertz CT molecular complexity index is 2710. The van der Waals surface area contributed by atoms with Crippen LogP contribution in [0, 0.1) is 45.3 Å². The van der Waals surface area contributed by atoms with Crippen LogP contribution in [0.5, 0.6) is 0 Å². The third-order valence-electron chi connectivity index (χ3n) is 8.32. The van der Waals surface area contributed by atoms with E-state index < -0.39 is 23.1 Å². The number of nitrogens with zero attached hydrogens (tertiary/aromatic N) is 5. The normalized spacial score (nSPS) is 13.6. The molecule has 0 fully saturated rings. The van der Waals surface area contributed by atoms with Crippen molar-refractivity contribution in [1.82, 2.24) is 4.57 Å². The van der Waals surface area contributed by atoms with Crippen LogP contribution in [0.3, 0.4) is 0 Å². The Morgan fingerprint density at radius 3 is 1.38 bits per heavy atom. The van der Waals surface area contributed by atoms with E-state index in [9.17, 15) is 40.2 Å². The third kappa shape index (κ3) is 3.81. The number of allylic oxidation sites excluding steroid dienone is 2. The summed E-state index contributed by atoms with van der Waals surface area (Å²) in [4.78, 5) is 54.0. The molecule has 4 aromatic heterocycles. The fourth-order valence-corrected chi connectivity index (χ4v) is 10.0. The summed E-state index contributed by atoms with van der Waals surface area (Å²) in [7, 11) is 1.92. The second kappa shape index (κ2) is 9.86. The van der Waals surface area contributed by atoms with Gasteiger partial charge in [0.25, 0.3) is 0 Å². The smallest absolute Gasteiger partial charge is 0.197 e. The van der Waals surface area contributed by atoms with Crippen LogP contribution in [-0.2, 0) is 7.05 Å². The highest BCUT2D eigenvalue weighted by Gasteiger charge is 2.36. The zero-order valence-corrected chi connectivity index (χ0v) is 26.2. The van der Waals surface area contributed by atoms with Gasteiger partial charge in [-0.1, -0.05) is 0 Å². The Kier molecular flexibility index (Phi) is 5.92. The number of Topliss-reactive ketones (excluding diaryl/α,β-unsaturated/α-hetero) is 4. The average Bonchev–Trinajstić information content (AvgIpc) is 3.89. The van der Waals surface area contributed by atoms with Gasteiger partial charge in [-0.2, -0.15) is 21.0 Å². The molecule has 47 heavy (non-hydrogen) atoms. The SMILES string of the molecule is Cn1c2cc(C=C3C(=O)c4cc(C#N)c(C#N)cc4C3=O)sc2c2sc3cc(C=C4C(=O)c5cc(C#N)c(C#N)cc5C4=O)sc3c21. The largest absolute Gasteiger partial charge is 0.341 e. The summed E-state index contributed by atoms with van der Waals surface area (Å²) in [6.45, 7) is 0. The van der Waals surface area contributed by atoms with E-state index in [0.29, 0.717) is 9.75 Å². The first-order valence-corrected chi connectivity index (χ1v) is 16.1. The van der Waals surface area contributed by atoms with Crippen LogP contribution in [0.15, 0.2) is 47.5 Å². The lowest BCUT2D eigenvalue weighted by molar-refractivity contribution is 0.0975. The number of carbonyl (C=O) groups is 4. The van der Waals surface area contributed by atoms with Crippen molar-refractivity contribution in [1.29, 1.82) is 21.0 Å². The number of hydrogen-bond donors (Lipinski definition) is 0. The number of aromatic nitrogens is 1. The molecule has 0 amide bonds. The summed E-state index contributed by atoms with van der Waals surface area (Å²) < 4.78 is 5.99. The standard InChI is InChI=1S/C35H11N5O4S3/c1-40-26-8-18(6-24-29(41)20-2-14(10-36)15(11-37)3-21(20)30(24)42)45-33(26)35-28(40)34-27(47-35)9-19(46-34)7-25-31(43)22-4-16(12-38)17(13-39)5-23(22)32(25)44/h2-9H,1H3. The number of carbonyl (C=O) groups excluding carboxylic acids is 4. The summed E-state index contributed by atoms with van der Waals surface area (Å²) in [6, 6.07) is 16.7. The molecule has 0 spiro atoms. The van der Waals surface area contributed by atoms with Gasteiger partial charge in [0.1, 0.15) is 24.3 Å². The van der Waals surface area contributed by atoms with Crippen molar-refractivity contribution < 1.29 is 19.2 Å². The highest BCUT2D eigenvalue weighted by Crippen LogP contribution is 2.47. The van der Waals surface area contributed by atoms with Crippen molar-refractivity contribution in [2.75, 3.05) is 0 Å². The van der Waals surface area contributed by atoms with E-state index in [-0.39, 0.29) is 55.7 Å². The zero-order valence-electron chi connectivity index (χ0n) is 23.7. The maximum Gasteiger partial charge on any atom is 0.197 e. The van der Waals surface area contributed by atoms with E-state index in [2.05, 4.69) is 0 Å². The summed E-state index contributed by atoms with van der Waals surface area (Å²) >= 11 is 4.44. The average molecular weight is 662 g/mol. The Hall–Kier alpha value is -6.28. The molecule has 0 N–H and O–H groups in total. The number of aryl methyl sites for hydroxylation is 1. The van der Waals surface area contributed by atoms with Gasteiger partial charge in [-0.25, -0.2) is 0 Å². The minimum atomic E-state index is -0.481. The molecule has 0 saturated heterocycles. The fraction of sp³-hybridized carbons (Fsp3) is 0.0286. The quantitative estimate of drug-likeness (QED) is 0.140. The van der Waals surface area contributed by atoms with Gasteiger partial charge in [0.2, 0.25) is 0 Å². The summed E-state index contributed by atoms with van der Waals surface area (Å²) in [5.41, 5.74) is 2.53. The molecule has 2 aromatic carbocycles. The number of ketones is 4. The van der Waals surface area contributed by atoms with Crippen molar-refractivity contribution in [3.63, 3.8) is 0 Å². The van der Waals surface area contributed by atoms with Crippen LogP contribution >= 0.6 is 34.0 Å². The van der Waals surface area contributed by atoms with Crippen LogP contribution in [0.2, 0.25) is 0 Å². The number of thiophene rings is 3. The van der Waals surface area contributed by atoms with Gasteiger partial charge in [0.15, 0.2) is 23.1 Å². The van der Waals surface area contributed by atoms with Crippen molar-refractivity contribution in [2.24, 2.45) is 7.05 Å². The molecule has 0 radical (unpaired) electrons. The molecule has 0 aliphatic heterocycles. The maximum absolute atomic E-state index is 13.2. The molecule has 6 aromatic rings. The zero-order chi connectivity index (χ0) is 32.9. The predicted molar refractivity (Wildman–Crippen MR) is 177 cm³/mol. The molecule has 8 rings (SSSR count). The van der Waals surface area contributed by atoms with Gasteiger partial charge in [-0.15, -0.1) is 34.0 Å². The maximum atomic E-state index is 13.2. The number of benzene rings is 2. The topological polar surface area (TPSA) is 168 Å². The monoisotopic (exact) mass is 661 g/mol. The Labute approximate surface area is 276 Å². The van der Waals surface area contributed by atoms with E-state index >= 15 is 0 Å². The van der Waals surface area contributed by atoms with Gasteiger partial charge < -0.3 is 4.57 Å². The van der Waals surface area contributed by atoms with Gasteiger partial charge in [0, 0.05) is 43.8 Å². The molecule has 0 unspecified atom stereocenters. The minimum absolute atomic E-state index is 0.0134. The molecular formula is C35H11N5O4S3. The van der Waals surface area contributed by atoms with Crippen molar-refractivity contribution in [2.45, 2.75) is 0 Å². The molecular weight excluding hydrogens is 651 g/mol. The molecule has 0 saturated carbocycles. The number of nitriles is 4. The van der Waals surface area contributed by atoms with Gasteiger partial charge in [0.05, 0.1) is 58.5 Å². The van der Waals surface area contributed by atoms with Crippen molar-refractivity contribution in [3.8, 4) is 24.3 Å².